The van der Waals surface area contributed by atoms with Crippen molar-refractivity contribution in [3.05, 3.63) is 40.8 Å². The van der Waals surface area contributed by atoms with Gasteiger partial charge in [-0.1, -0.05) is 11.2 Å². The predicted molar refractivity (Wildman–Crippen MR) is 98.0 cm³/mol. The Hall–Kier alpha value is -2.49. The molecule has 0 unspecified atom stereocenters. The average molecular weight is 383 g/mol. The van der Waals surface area contributed by atoms with E-state index in [1.165, 1.54) is 12.1 Å². The van der Waals surface area contributed by atoms with Crippen LogP contribution in [0.1, 0.15) is 29.3 Å². The molecule has 1 aliphatic rings. The summed E-state index contributed by atoms with van der Waals surface area (Å²) in [6.45, 7) is 0.531. The fourth-order valence-corrected chi connectivity index (χ4v) is 3.76. The van der Waals surface area contributed by atoms with Crippen LogP contribution < -0.4 is 10.6 Å². The number of halogens is 1. The molecule has 0 saturated heterocycles. The van der Waals surface area contributed by atoms with E-state index in [0.29, 0.717) is 31.0 Å². The van der Waals surface area contributed by atoms with Crippen molar-refractivity contribution in [2.75, 3.05) is 30.1 Å². The molecule has 1 aromatic heterocycles. The van der Waals surface area contributed by atoms with Gasteiger partial charge >= 0.3 is 0 Å². The number of benzene rings is 1. The maximum absolute atomic E-state index is 13.4. The lowest BCUT2D eigenvalue weighted by molar-refractivity contribution is 0.303. The van der Waals surface area contributed by atoms with Crippen molar-refractivity contribution < 1.29 is 18.4 Å². The van der Waals surface area contributed by atoms with E-state index in [1.807, 2.05) is 0 Å². The van der Waals surface area contributed by atoms with E-state index in [0.717, 1.165) is 11.1 Å². The molecule has 0 saturated carbocycles. The summed E-state index contributed by atoms with van der Waals surface area (Å²) in [6, 6.07) is 4.44. The fourth-order valence-electron chi connectivity index (χ4n) is 2.84. The molecule has 0 bridgehead atoms. The van der Waals surface area contributed by atoms with Crippen molar-refractivity contribution >= 4 is 21.6 Å². The van der Waals surface area contributed by atoms with E-state index in [4.69, 9.17) is 4.63 Å². The molecular weight excluding hydrogens is 361 g/mol. The highest BCUT2D eigenvalue weighted by Crippen LogP contribution is 2.33. The molecule has 0 amide bonds. The average Bonchev–Trinajstić information content (AvgIpc) is 3.02. The highest BCUT2D eigenvalue weighted by Gasteiger charge is 2.29. The lowest BCUT2D eigenvalue weighted by Gasteiger charge is -2.31. The number of nitrogens with one attached hydrogen (secondary N) is 2. The van der Waals surface area contributed by atoms with Gasteiger partial charge in [0.05, 0.1) is 6.04 Å². The molecule has 2 aromatic rings. The number of anilines is 1. The van der Waals surface area contributed by atoms with Crippen LogP contribution in [-0.2, 0) is 16.4 Å². The van der Waals surface area contributed by atoms with Crippen LogP contribution in [-0.4, -0.2) is 50.4 Å². The first-order valence-electron chi connectivity index (χ1n) is 8.25. The molecule has 3 rings (SSSR count). The minimum Gasteiger partial charge on any atom is -0.409 e. The van der Waals surface area contributed by atoms with Gasteiger partial charge in [-0.25, -0.2) is 9.02 Å². The van der Waals surface area contributed by atoms with Crippen molar-refractivity contribution in [1.29, 1.82) is 0 Å². The minimum absolute atomic E-state index is 0.0883. The van der Waals surface area contributed by atoms with Crippen molar-refractivity contribution in [1.82, 2.24) is 15.6 Å². The number of hydrogen-bond acceptors (Lipinski definition) is 7. The number of amidine groups is 1. The van der Waals surface area contributed by atoms with Crippen LogP contribution in [0.25, 0.3) is 0 Å². The number of nitrogens with zero attached hydrogens (tertiary/aromatic N) is 3. The van der Waals surface area contributed by atoms with Crippen LogP contribution in [0.3, 0.4) is 0 Å². The maximum atomic E-state index is 13.4. The summed E-state index contributed by atoms with van der Waals surface area (Å²) < 4.78 is 29.9. The molecule has 3 N–H and O–H groups in total. The van der Waals surface area contributed by atoms with Crippen molar-refractivity contribution in [3.63, 3.8) is 0 Å². The molecule has 0 radical (unpaired) electrons. The Kier molecular flexibility index (Phi) is 5.21. The van der Waals surface area contributed by atoms with Gasteiger partial charge in [0.2, 0.25) is 5.82 Å². The normalized spacial score (nSPS) is 17.3. The monoisotopic (exact) mass is 383 g/mol. The van der Waals surface area contributed by atoms with E-state index < -0.39 is 9.93 Å². The molecule has 26 heavy (non-hydrogen) atoms. The molecule has 1 aromatic carbocycles. The van der Waals surface area contributed by atoms with Gasteiger partial charge in [-0.2, -0.15) is 0 Å². The molecule has 8 nitrogen and oxygen atoms in total. The molecule has 1 aliphatic carbocycles. The third kappa shape index (κ3) is 4.18. The Balaban J connectivity index is 1.63. The van der Waals surface area contributed by atoms with Gasteiger partial charge in [0.15, 0.2) is 11.5 Å². The zero-order chi connectivity index (χ0) is 18.7. The van der Waals surface area contributed by atoms with Gasteiger partial charge in [0.25, 0.3) is 0 Å². The zero-order valence-corrected chi connectivity index (χ0v) is 15.5. The molecular formula is C16H22FN5O3S. The minimum atomic E-state index is -2.07. The number of aromatic nitrogens is 2. The third-order valence-corrected chi connectivity index (χ3v) is 5.59. The molecule has 10 heteroatoms. The maximum Gasteiger partial charge on any atom is 0.202 e. The van der Waals surface area contributed by atoms with Gasteiger partial charge in [-0.05, 0) is 58.9 Å². The molecule has 0 spiro atoms. The van der Waals surface area contributed by atoms with E-state index in [2.05, 4.69) is 26.1 Å². The number of hydrogen-bond donors (Lipinski definition) is 4. The highest BCUT2D eigenvalue weighted by atomic mass is 32.2. The van der Waals surface area contributed by atoms with Crippen LogP contribution in [0.5, 0.6) is 0 Å². The number of oxime groups is 1. The van der Waals surface area contributed by atoms with Crippen LogP contribution in [0.4, 0.5) is 10.2 Å². The first-order valence-corrected chi connectivity index (χ1v) is 11.0. The second-order valence-electron chi connectivity index (χ2n) is 6.73. The lowest BCUT2D eigenvalue weighted by atomic mass is 9.83. The zero-order valence-electron chi connectivity index (χ0n) is 14.6. The fraction of sp³-hybridized carbons (Fsp3) is 0.438. The Morgan fingerprint density at radius 2 is 2.27 bits per heavy atom. The molecule has 1 atom stereocenters. The van der Waals surface area contributed by atoms with Crippen molar-refractivity contribution in [3.8, 4) is 0 Å². The standard InChI is InChI=1S/C16H22FN5O3S/c1-26(2,24)7-3-6-18-15-14(21-25-22-15)16(20-23)19-13-8-10-4-5-11(17)9-12(10)13/h4-5,9,13,23,26H,3,6-8H2,1-2H3,(H,18,22)(H,19,20)/t13-/m0/s1. The Bertz CT molecular complexity index is 863. The van der Waals surface area contributed by atoms with E-state index in [1.54, 1.807) is 18.6 Å². The quantitative estimate of drug-likeness (QED) is 0.142. The summed E-state index contributed by atoms with van der Waals surface area (Å²) in [5.41, 5.74) is 2.09. The molecule has 0 fully saturated rings. The van der Waals surface area contributed by atoms with Gasteiger partial charge < -0.3 is 15.8 Å². The van der Waals surface area contributed by atoms with Gasteiger partial charge in [-0.3, -0.25) is 4.21 Å². The number of rotatable bonds is 7. The predicted octanol–water partition coefficient (Wildman–Crippen LogP) is 1.31. The summed E-state index contributed by atoms with van der Waals surface area (Å²) in [5, 5.41) is 26.2. The third-order valence-electron chi connectivity index (χ3n) is 4.20. The Morgan fingerprint density at radius 3 is 3.00 bits per heavy atom. The molecule has 0 aliphatic heterocycles. The highest BCUT2D eigenvalue weighted by molar-refractivity contribution is 8.01. The topological polar surface area (TPSA) is 113 Å². The van der Waals surface area contributed by atoms with Crippen LogP contribution >= 0.6 is 0 Å². The smallest absolute Gasteiger partial charge is 0.202 e. The first kappa shape index (κ1) is 18.3. The van der Waals surface area contributed by atoms with Gasteiger partial charge in [0, 0.05) is 12.3 Å². The SMILES string of the molecule is C[SH](C)(=O)CCCNc1nonc1/C(=N/O)N[C@H]1Cc2ccc(F)cc21. The summed E-state index contributed by atoms with van der Waals surface area (Å²) in [5.74, 6) is 0.716. The van der Waals surface area contributed by atoms with Gasteiger partial charge in [-0.15, -0.1) is 9.93 Å². The van der Waals surface area contributed by atoms with Crippen LogP contribution in [0.2, 0.25) is 0 Å². The summed E-state index contributed by atoms with van der Waals surface area (Å²) >= 11 is 0. The van der Waals surface area contributed by atoms with E-state index in [-0.39, 0.29) is 23.4 Å². The lowest BCUT2D eigenvalue weighted by Crippen LogP contribution is -2.37. The Morgan fingerprint density at radius 1 is 1.46 bits per heavy atom. The molecule has 142 valence electrons. The molecule has 1 heterocycles. The van der Waals surface area contributed by atoms with Crippen LogP contribution in [0.15, 0.2) is 28.0 Å². The summed E-state index contributed by atoms with van der Waals surface area (Å²) in [6.07, 6.45) is 4.88. The van der Waals surface area contributed by atoms with Crippen molar-refractivity contribution in [2.45, 2.75) is 18.9 Å². The Labute approximate surface area is 151 Å². The van der Waals surface area contributed by atoms with Gasteiger partial charge in [0.1, 0.15) is 5.82 Å². The van der Waals surface area contributed by atoms with Crippen LogP contribution in [0, 0.1) is 5.82 Å². The number of thiol groups is 1. The summed E-state index contributed by atoms with van der Waals surface area (Å²) in [7, 11) is -2.07. The second kappa shape index (κ2) is 7.40. The largest absolute Gasteiger partial charge is 0.409 e. The second-order valence-corrected chi connectivity index (χ2v) is 10.3. The van der Waals surface area contributed by atoms with E-state index in [9.17, 15) is 13.8 Å². The van der Waals surface area contributed by atoms with E-state index >= 15 is 0 Å². The summed E-state index contributed by atoms with van der Waals surface area (Å²) in [4.78, 5) is 0. The number of fused-ring (bicyclic) bond motifs is 1. The van der Waals surface area contributed by atoms with Crippen molar-refractivity contribution in [2.24, 2.45) is 5.16 Å². The first-order chi connectivity index (χ1) is 12.4.